The van der Waals surface area contributed by atoms with Crippen molar-refractivity contribution >= 4 is 33.2 Å². The molecule has 0 aromatic heterocycles. The summed E-state index contributed by atoms with van der Waals surface area (Å²) in [6.07, 6.45) is 1.52. The number of carbonyl (C=O) groups excluding carboxylic acids is 2. The number of para-hydroxylation sites is 2. The lowest BCUT2D eigenvalue weighted by Gasteiger charge is -2.23. The molecule has 0 bridgehead atoms. The van der Waals surface area contributed by atoms with E-state index >= 15 is 0 Å². The Labute approximate surface area is 218 Å². The Hall–Kier alpha value is -3.91. The molecular weight excluding hydrogens is 488 g/mol. The number of sulfonamides is 1. The molecule has 37 heavy (non-hydrogen) atoms. The van der Waals surface area contributed by atoms with Crippen molar-refractivity contribution in [3.8, 4) is 0 Å². The molecule has 0 spiro atoms. The fourth-order valence-electron chi connectivity index (χ4n) is 4.65. The maximum atomic E-state index is 13.1. The van der Waals surface area contributed by atoms with E-state index < -0.39 is 22.6 Å². The molecule has 192 valence electrons. The highest BCUT2D eigenvalue weighted by atomic mass is 32.2. The number of likely N-dealkylation sites (N-methyl/N-ethyl adjacent to an activating group) is 1. The highest BCUT2D eigenvalue weighted by Crippen LogP contribution is 2.46. The van der Waals surface area contributed by atoms with Crippen LogP contribution in [-0.4, -0.2) is 40.4 Å². The van der Waals surface area contributed by atoms with E-state index in [0.717, 1.165) is 16.9 Å². The number of allylic oxidation sites excluding steroid dienone is 1. The number of benzene rings is 3. The van der Waals surface area contributed by atoms with Crippen molar-refractivity contribution in [2.75, 3.05) is 29.4 Å². The summed E-state index contributed by atoms with van der Waals surface area (Å²) in [5.74, 6) is -1.04. The summed E-state index contributed by atoms with van der Waals surface area (Å²) in [6.45, 7) is 5.69. The van der Waals surface area contributed by atoms with E-state index in [9.17, 15) is 18.0 Å². The van der Waals surface area contributed by atoms with Crippen molar-refractivity contribution in [2.45, 2.75) is 31.1 Å². The predicted molar refractivity (Wildman–Crippen MR) is 144 cm³/mol. The number of fused-ring (bicyclic) bond motifs is 1. The number of nitrogens with zero attached hydrogens (tertiary/aromatic N) is 2. The van der Waals surface area contributed by atoms with Crippen LogP contribution in [0, 0.1) is 0 Å². The summed E-state index contributed by atoms with van der Waals surface area (Å²) in [5, 5.41) is 0. The van der Waals surface area contributed by atoms with Crippen LogP contribution in [0.25, 0.3) is 0 Å². The summed E-state index contributed by atoms with van der Waals surface area (Å²) >= 11 is 0. The van der Waals surface area contributed by atoms with Crippen molar-refractivity contribution < 1.29 is 22.7 Å². The van der Waals surface area contributed by atoms with Gasteiger partial charge < -0.3 is 9.64 Å². The third-order valence-electron chi connectivity index (χ3n) is 6.59. The fraction of sp³-hybridized carbons (Fsp3) is 0.241. The molecule has 0 fully saturated rings. The summed E-state index contributed by atoms with van der Waals surface area (Å²) < 4.78 is 32.8. The smallest absolute Gasteiger partial charge is 0.338 e. The second-order valence-electron chi connectivity index (χ2n) is 9.30. The van der Waals surface area contributed by atoms with Crippen LogP contribution in [-0.2, 0) is 25.0 Å². The molecule has 3 aromatic rings. The van der Waals surface area contributed by atoms with Gasteiger partial charge >= 0.3 is 5.97 Å². The summed E-state index contributed by atoms with van der Waals surface area (Å²) in [7, 11) is -1.90. The zero-order chi connectivity index (χ0) is 26.8. The van der Waals surface area contributed by atoms with Gasteiger partial charge in [0.1, 0.15) is 0 Å². The summed E-state index contributed by atoms with van der Waals surface area (Å²) in [6, 6.07) is 22.3. The largest absolute Gasteiger partial charge is 0.454 e. The maximum Gasteiger partial charge on any atom is 0.338 e. The van der Waals surface area contributed by atoms with Crippen LogP contribution in [0.1, 0.15) is 36.7 Å². The standard InChI is InChI=1S/C29H30N2O5S/c1-5-31(22-11-7-6-8-12-22)37(34,35)24-17-15-21(16-18-24)28(33)36-20-23(32)19-27-29(2,3)25-13-9-10-14-26(25)30(27)4/h6-19H,5,20H2,1-4H3. The summed E-state index contributed by atoms with van der Waals surface area (Å²) in [4.78, 5) is 27.3. The first-order valence-electron chi connectivity index (χ1n) is 12.0. The molecule has 0 saturated carbocycles. The lowest BCUT2D eigenvalue weighted by atomic mass is 9.83. The van der Waals surface area contributed by atoms with E-state index in [1.54, 1.807) is 31.2 Å². The Kier molecular flexibility index (Phi) is 7.23. The number of ether oxygens (including phenoxy) is 1. The van der Waals surface area contributed by atoms with Gasteiger partial charge in [-0.25, -0.2) is 13.2 Å². The molecule has 1 aliphatic heterocycles. The first-order valence-corrected chi connectivity index (χ1v) is 13.4. The van der Waals surface area contributed by atoms with Crippen LogP contribution in [0.5, 0.6) is 0 Å². The van der Waals surface area contributed by atoms with Crippen LogP contribution in [0.2, 0.25) is 0 Å². The lowest BCUT2D eigenvalue weighted by Crippen LogP contribution is -2.30. The van der Waals surface area contributed by atoms with E-state index in [-0.39, 0.29) is 28.2 Å². The number of esters is 1. The Morgan fingerprint density at radius 3 is 2.19 bits per heavy atom. The van der Waals surface area contributed by atoms with Crippen molar-refractivity contribution in [3.05, 3.63) is 102 Å². The van der Waals surface area contributed by atoms with Crippen LogP contribution in [0.4, 0.5) is 11.4 Å². The molecule has 0 radical (unpaired) electrons. The second kappa shape index (κ2) is 10.2. The van der Waals surface area contributed by atoms with Gasteiger partial charge in [-0.1, -0.05) is 50.2 Å². The molecule has 4 rings (SSSR count). The van der Waals surface area contributed by atoms with Gasteiger partial charge in [0.25, 0.3) is 10.0 Å². The van der Waals surface area contributed by atoms with Gasteiger partial charge in [-0.2, -0.15) is 0 Å². The van der Waals surface area contributed by atoms with Gasteiger partial charge in [0.2, 0.25) is 0 Å². The van der Waals surface area contributed by atoms with Crippen LogP contribution >= 0.6 is 0 Å². The highest BCUT2D eigenvalue weighted by molar-refractivity contribution is 7.92. The Morgan fingerprint density at radius 2 is 1.57 bits per heavy atom. The number of hydrogen-bond acceptors (Lipinski definition) is 6. The Bertz CT molecular complexity index is 1450. The van der Waals surface area contributed by atoms with E-state index in [2.05, 4.69) is 0 Å². The molecule has 3 aromatic carbocycles. The molecule has 1 aliphatic rings. The molecule has 8 heteroatoms. The summed E-state index contributed by atoms with van der Waals surface area (Å²) in [5.41, 5.74) is 3.33. The van der Waals surface area contributed by atoms with Gasteiger partial charge in [0.15, 0.2) is 12.4 Å². The molecular formula is C29H30N2O5S. The highest BCUT2D eigenvalue weighted by Gasteiger charge is 2.38. The average molecular weight is 519 g/mol. The van der Waals surface area contributed by atoms with Crippen molar-refractivity contribution in [2.24, 2.45) is 0 Å². The van der Waals surface area contributed by atoms with Crippen LogP contribution in [0.3, 0.4) is 0 Å². The zero-order valence-electron chi connectivity index (χ0n) is 21.3. The topological polar surface area (TPSA) is 84.0 Å². The number of hydrogen-bond donors (Lipinski definition) is 0. The fourth-order valence-corrected chi connectivity index (χ4v) is 6.12. The van der Waals surface area contributed by atoms with E-state index in [1.165, 1.54) is 34.6 Å². The maximum absolute atomic E-state index is 13.1. The third-order valence-corrected chi connectivity index (χ3v) is 8.51. The molecule has 7 nitrogen and oxygen atoms in total. The Balaban J connectivity index is 1.43. The number of carbonyl (C=O) groups is 2. The SMILES string of the molecule is CCN(c1ccccc1)S(=O)(=O)c1ccc(C(=O)OCC(=O)C=C2N(C)c3ccccc3C2(C)C)cc1. The predicted octanol–water partition coefficient (Wildman–Crippen LogP) is 4.94. The number of ketones is 1. The number of rotatable bonds is 8. The quantitative estimate of drug-likeness (QED) is 0.310. The molecule has 0 saturated heterocycles. The van der Waals surface area contributed by atoms with E-state index in [0.29, 0.717) is 5.69 Å². The molecule has 1 heterocycles. The third kappa shape index (κ3) is 5.02. The molecule has 0 N–H and O–H groups in total. The molecule has 0 aliphatic carbocycles. The van der Waals surface area contributed by atoms with E-state index in [1.807, 2.05) is 56.1 Å². The molecule has 0 unspecified atom stereocenters. The minimum absolute atomic E-state index is 0.0571. The average Bonchev–Trinajstić information content (AvgIpc) is 3.09. The van der Waals surface area contributed by atoms with Gasteiger partial charge in [0.05, 0.1) is 16.1 Å². The first-order chi connectivity index (χ1) is 17.6. The van der Waals surface area contributed by atoms with Crippen molar-refractivity contribution in [1.29, 1.82) is 0 Å². The zero-order valence-corrected chi connectivity index (χ0v) is 22.2. The number of anilines is 2. The first kappa shape index (κ1) is 26.2. The monoisotopic (exact) mass is 518 g/mol. The van der Waals surface area contributed by atoms with Crippen LogP contribution in [0.15, 0.2) is 95.5 Å². The van der Waals surface area contributed by atoms with Gasteiger partial charge in [0, 0.05) is 36.5 Å². The Morgan fingerprint density at radius 1 is 0.946 bits per heavy atom. The van der Waals surface area contributed by atoms with Gasteiger partial charge in [-0.15, -0.1) is 0 Å². The minimum Gasteiger partial charge on any atom is -0.454 e. The normalized spacial score (nSPS) is 15.4. The lowest BCUT2D eigenvalue weighted by molar-refractivity contribution is -0.117. The minimum atomic E-state index is -3.81. The van der Waals surface area contributed by atoms with Gasteiger partial charge in [-0.05, 0) is 55.0 Å². The van der Waals surface area contributed by atoms with Crippen molar-refractivity contribution in [1.82, 2.24) is 0 Å². The van der Waals surface area contributed by atoms with E-state index in [4.69, 9.17) is 4.74 Å². The van der Waals surface area contributed by atoms with Crippen molar-refractivity contribution in [3.63, 3.8) is 0 Å². The van der Waals surface area contributed by atoms with Crippen LogP contribution < -0.4 is 9.21 Å². The second-order valence-corrected chi connectivity index (χ2v) is 11.2. The van der Waals surface area contributed by atoms with Gasteiger partial charge in [-0.3, -0.25) is 9.10 Å². The molecule has 0 amide bonds. The molecule has 0 atom stereocenters.